The second-order valence-corrected chi connectivity index (χ2v) is 6.29. The molecule has 26 heavy (non-hydrogen) atoms. The van der Waals surface area contributed by atoms with E-state index in [4.69, 9.17) is 4.42 Å². The van der Waals surface area contributed by atoms with Gasteiger partial charge >= 0.3 is 6.18 Å². The van der Waals surface area contributed by atoms with Crippen LogP contribution in [0.3, 0.4) is 0 Å². The molecule has 0 bridgehead atoms. The van der Waals surface area contributed by atoms with E-state index in [-0.39, 0.29) is 5.69 Å². The number of aromatic amines is 1. The number of rotatable bonds is 5. The van der Waals surface area contributed by atoms with E-state index in [1.807, 2.05) is 0 Å². The molecule has 0 fully saturated rings. The summed E-state index contributed by atoms with van der Waals surface area (Å²) in [4.78, 5) is 17.3. The Hall–Kier alpha value is -2.74. The molecule has 3 aromatic rings. The summed E-state index contributed by atoms with van der Waals surface area (Å²) >= 11 is 0. The van der Waals surface area contributed by atoms with Crippen LogP contribution in [0.5, 0.6) is 0 Å². The van der Waals surface area contributed by atoms with Gasteiger partial charge in [-0.3, -0.25) is 4.79 Å². The number of carbonyl (C=O) groups excluding carboxylic acids is 1. The second kappa shape index (κ2) is 6.87. The van der Waals surface area contributed by atoms with Crippen molar-refractivity contribution in [2.24, 2.45) is 0 Å². The van der Waals surface area contributed by atoms with E-state index in [0.29, 0.717) is 23.2 Å². The molecule has 2 aromatic heterocycles. The third kappa shape index (κ3) is 3.91. The van der Waals surface area contributed by atoms with Crippen molar-refractivity contribution in [2.75, 3.05) is 20.6 Å². The Bertz CT molecular complexity index is 883. The van der Waals surface area contributed by atoms with Gasteiger partial charge in [0.25, 0.3) is 5.91 Å². The number of nitrogens with zero attached hydrogens (tertiary/aromatic N) is 1. The van der Waals surface area contributed by atoms with E-state index >= 15 is 0 Å². The number of likely N-dealkylation sites (N-methyl/N-ethyl adjacent to an activating group) is 1. The number of amides is 1. The molecule has 1 unspecified atom stereocenters. The van der Waals surface area contributed by atoms with Gasteiger partial charge in [0, 0.05) is 18.7 Å². The Kier molecular flexibility index (Phi) is 4.78. The number of halogens is 3. The maximum absolute atomic E-state index is 13.0. The fraction of sp³-hybridized carbons (Fsp3) is 0.278. The highest BCUT2D eigenvalue weighted by atomic mass is 19.4. The monoisotopic (exact) mass is 365 g/mol. The third-order valence-electron chi connectivity index (χ3n) is 3.95. The molecule has 0 saturated heterocycles. The van der Waals surface area contributed by atoms with Crippen molar-refractivity contribution >= 4 is 17.0 Å². The third-order valence-corrected chi connectivity index (χ3v) is 3.95. The fourth-order valence-electron chi connectivity index (χ4n) is 2.74. The molecular formula is C18H18F3N3O2. The number of benzene rings is 1. The number of hydrogen-bond donors (Lipinski definition) is 2. The maximum atomic E-state index is 13.0. The molecule has 1 aromatic carbocycles. The molecule has 8 heteroatoms. The van der Waals surface area contributed by atoms with E-state index in [2.05, 4.69) is 10.3 Å². The zero-order chi connectivity index (χ0) is 18.9. The molecule has 3 rings (SSSR count). The van der Waals surface area contributed by atoms with Crippen LogP contribution >= 0.6 is 0 Å². The lowest BCUT2D eigenvalue weighted by molar-refractivity contribution is -0.137. The molecule has 0 spiro atoms. The maximum Gasteiger partial charge on any atom is 0.416 e. The summed E-state index contributed by atoms with van der Waals surface area (Å²) in [6.45, 7) is 0.351. The minimum absolute atomic E-state index is 0.287. The Morgan fingerprint density at radius 2 is 2.04 bits per heavy atom. The SMILES string of the molecule is CN(C)CC(NC(=O)c1cc2occc2[nH]1)c1cccc(C(F)(F)F)c1. The summed E-state index contributed by atoms with van der Waals surface area (Å²) < 4.78 is 44.2. The molecule has 1 amide bonds. The molecule has 138 valence electrons. The Morgan fingerprint density at radius 1 is 1.27 bits per heavy atom. The van der Waals surface area contributed by atoms with Crippen molar-refractivity contribution in [3.05, 3.63) is 59.5 Å². The van der Waals surface area contributed by atoms with Crippen molar-refractivity contribution in [1.82, 2.24) is 15.2 Å². The van der Waals surface area contributed by atoms with Crippen LogP contribution in [-0.4, -0.2) is 36.4 Å². The van der Waals surface area contributed by atoms with Crippen LogP contribution in [0.2, 0.25) is 0 Å². The van der Waals surface area contributed by atoms with E-state index in [0.717, 1.165) is 12.1 Å². The molecular weight excluding hydrogens is 347 g/mol. The lowest BCUT2D eigenvalue weighted by Crippen LogP contribution is -2.35. The molecule has 1 atom stereocenters. The molecule has 0 radical (unpaired) electrons. The van der Waals surface area contributed by atoms with Gasteiger partial charge in [-0.2, -0.15) is 13.2 Å². The molecule has 2 N–H and O–H groups in total. The summed E-state index contributed by atoms with van der Waals surface area (Å²) in [5, 5.41) is 2.79. The number of aromatic nitrogens is 1. The smallest absolute Gasteiger partial charge is 0.416 e. The van der Waals surface area contributed by atoms with Gasteiger partial charge in [-0.1, -0.05) is 12.1 Å². The highest BCUT2D eigenvalue weighted by Gasteiger charge is 2.31. The number of carbonyl (C=O) groups is 1. The van der Waals surface area contributed by atoms with Crippen LogP contribution < -0.4 is 5.32 Å². The molecule has 0 aliphatic heterocycles. The number of alkyl halides is 3. The lowest BCUT2D eigenvalue weighted by atomic mass is 10.0. The van der Waals surface area contributed by atoms with Gasteiger partial charge in [0.1, 0.15) is 5.69 Å². The number of nitrogens with one attached hydrogen (secondary N) is 2. The van der Waals surface area contributed by atoms with Crippen molar-refractivity contribution in [1.29, 1.82) is 0 Å². The summed E-state index contributed by atoms with van der Waals surface area (Å²) in [6.07, 6.45) is -2.94. The molecule has 0 aliphatic rings. The van der Waals surface area contributed by atoms with Crippen LogP contribution in [0, 0.1) is 0 Å². The summed E-state index contributed by atoms with van der Waals surface area (Å²) in [5.74, 6) is -0.416. The van der Waals surface area contributed by atoms with E-state index in [9.17, 15) is 18.0 Å². The molecule has 2 heterocycles. The van der Waals surface area contributed by atoms with Gasteiger partial charge in [-0.25, -0.2) is 0 Å². The lowest BCUT2D eigenvalue weighted by Gasteiger charge is -2.23. The standard InChI is InChI=1S/C18H18F3N3O2/c1-24(2)10-15(11-4-3-5-12(8-11)18(19,20)21)23-17(25)14-9-16-13(22-14)6-7-26-16/h3-9,15,22H,10H2,1-2H3,(H,23,25). The largest absolute Gasteiger partial charge is 0.463 e. The van der Waals surface area contributed by atoms with Gasteiger partial charge in [0.15, 0.2) is 5.58 Å². The van der Waals surface area contributed by atoms with Gasteiger partial charge in [0.05, 0.1) is 23.4 Å². The van der Waals surface area contributed by atoms with Crippen molar-refractivity contribution < 1.29 is 22.4 Å². The minimum Gasteiger partial charge on any atom is -0.463 e. The van der Waals surface area contributed by atoms with Crippen LogP contribution in [0.4, 0.5) is 13.2 Å². The van der Waals surface area contributed by atoms with E-state index in [1.165, 1.54) is 12.3 Å². The fourth-order valence-corrected chi connectivity index (χ4v) is 2.74. The topological polar surface area (TPSA) is 61.3 Å². The normalized spacial score (nSPS) is 13.3. The molecule has 0 saturated carbocycles. The highest BCUT2D eigenvalue weighted by Crippen LogP contribution is 2.31. The van der Waals surface area contributed by atoms with E-state index < -0.39 is 23.7 Å². The first kappa shape index (κ1) is 18.1. The number of fused-ring (bicyclic) bond motifs is 1. The van der Waals surface area contributed by atoms with Crippen LogP contribution in [0.1, 0.15) is 27.7 Å². The number of hydrogen-bond acceptors (Lipinski definition) is 3. The first-order valence-corrected chi connectivity index (χ1v) is 7.93. The van der Waals surface area contributed by atoms with Gasteiger partial charge in [0.2, 0.25) is 0 Å². The summed E-state index contributed by atoms with van der Waals surface area (Å²) in [6, 6.07) is 7.64. The average Bonchev–Trinajstić information content (AvgIpc) is 3.14. The highest BCUT2D eigenvalue weighted by molar-refractivity contribution is 5.97. The average molecular weight is 365 g/mol. The molecule has 0 aliphatic carbocycles. The van der Waals surface area contributed by atoms with Gasteiger partial charge < -0.3 is 19.6 Å². The van der Waals surface area contributed by atoms with Gasteiger partial charge in [-0.05, 0) is 31.8 Å². The zero-order valence-electron chi connectivity index (χ0n) is 14.2. The molecule has 5 nitrogen and oxygen atoms in total. The Labute approximate surface area is 147 Å². The number of H-pyrrole nitrogens is 1. The minimum atomic E-state index is -4.44. The quantitative estimate of drug-likeness (QED) is 0.723. The summed E-state index contributed by atoms with van der Waals surface area (Å²) in [5.41, 5.74) is 1.15. The Morgan fingerprint density at radius 3 is 2.69 bits per heavy atom. The van der Waals surface area contributed by atoms with Crippen molar-refractivity contribution in [3.63, 3.8) is 0 Å². The predicted molar refractivity (Wildman–Crippen MR) is 90.8 cm³/mol. The first-order valence-electron chi connectivity index (χ1n) is 7.93. The predicted octanol–water partition coefficient (Wildman–Crippen LogP) is 3.81. The summed E-state index contributed by atoms with van der Waals surface area (Å²) in [7, 11) is 3.57. The van der Waals surface area contributed by atoms with Crippen LogP contribution in [0.15, 0.2) is 47.1 Å². The van der Waals surface area contributed by atoms with Crippen LogP contribution in [-0.2, 0) is 6.18 Å². The van der Waals surface area contributed by atoms with Crippen LogP contribution in [0.25, 0.3) is 11.1 Å². The Balaban J connectivity index is 1.86. The van der Waals surface area contributed by atoms with Crippen molar-refractivity contribution in [3.8, 4) is 0 Å². The zero-order valence-corrected chi connectivity index (χ0v) is 14.2. The van der Waals surface area contributed by atoms with E-state index in [1.54, 1.807) is 37.2 Å². The van der Waals surface area contributed by atoms with Gasteiger partial charge in [-0.15, -0.1) is 0 Å². The first-order chi connectivity index (χ1) is 12.2. The number of furan rings is 1. The second-order valence-electron chi connectivity index (χ2n) is 6.29. The van der Waals surface area contributed by atoms with Crippen molar-refractivity contribution in [2.45, 2.75) is 12.2 Å².